The molecule has 2 rings (SSSR count). The summed E-state index contributed by atoms with van der Waals surface area (Å²) >= 11 is 1.85. The van der Waals surface area contributed by atoms with Crippen molar-refractivity contribution in [1.29, 1.82) is 0 Å². The van der Waals surface area contributed by atoms with Gasteiger partial charge in [0.1, 0.15) is 0 Å². The number of unbranched alkanes of at least 4 members (excludes halogenated alkanes) is 1. The Labute approximate surface area is 194 Å². The van der Waals surface area contributed by atoms with E-state index in [2.05, 4.69) is 45.9 Å². The van der Waals surface area contributed by atoms with Gasteiger partial charge in [-0.1, -0.05) is 43.6 Å². The van der Waals surface area contributed by atoms with Crippen LogP contribution < -0.4 is 0 Å². The third-order valence-electron chi connectivity index (χ3n) is 7.06. The molecule has 0 unspecified atom stereocenters. The number of nitrogens with zero attached hydrogens (tertiary/aromatic N) is 1. The lowest BCUT2D eigenvalue weighted by molar-refractivity contribution is -0.133. The van der Waals surface area contributed by atoms with Gasteiger partial charge in [0.05, 0.1) is 11.7 Å². The highest BCUT2D eigenvalue weighted by Gasteiger charge is 2.43. The van der Waals surface area contributed by atoms with E-state index in [0.717, 1.165) is 43.6 Å². The first kappa shape index (κ1) is 26.5. The minimum atomic E-state index is -0.649. The van der Waals surface area contributed by atoms with Gasteiger partial charge in [0.15, 0.2) is 0 Å². The first-order chi connectivity index (χ1) is 14.4. The van der Waals surface area contributed by atoms with E-state index in [1.165, 1.54) is 5.57 Å². The summed E-state index contributed by atoms with van der Waals surface area (Å²) in [6.45, 7) is 10.2. The second-order valence-corrected chi connectivity index (χ2v) is 12.0. The van der Waals surface area contributed by atoms with E-state index < -0.39 is 5.60 Å². The summed E-state index contributed by atoms with van der Waals surface area (Å²) in [5, 5.41) is 21.1. The molecule has 1 saturated carbocycles. The van der Waals surface area contributed by atoms with Crippen molar-refractivity contribution in [2.75, 3.05) is 18.6 Å². The number of rotatable bonds is 11. The number of allylic oxidation sites excluding steroid dienone is 1. The molecule has 4 nitrogen and oxygen atoms in total. The van der Waals surface area contributed by atoms with Gasteiger partial charge in [-0.2, -0.15) is 11.8 Å². The molecular formula is C26H45NO3S. The molecular weight excluding hydrogens is 406 g/mol. The smallest absolute Gasteiger partial charge is 0.223 e. The normalized spacial score (nSPS) is 27.9. The average molecular weight is 452 g/mol. The zero-order valence-electron chi connectivity index (χ0n) is 20.6. The average Bonchev–Trinajstić information content (AvgIpc) is 3.19. The monoisotopic (exact) mass is 451 g/mol. The van der Waals surface area contributed by atoms with Crippen LogP contribution in [0.2, 0.25) is 0 Å². The molecule has 0 aliphatic heterocycles. The molecule has 31 heavy (non-hydrogen) atoms. The highest BCUT2D eigenvalue weighted by Crippen LogP contribution is 2.47. The maximum Gasteiger partial charge on any atom is 0.223 e. The predicted molar refractivity (Wildman–Crippen MR) is 132 cm³/mol. The minimum absolute atomic E-state index is 0.125. The fraction of sp³-hybridized carbons (Fsp3) is 0.808. The number of hydrogen-bond acceptors (Lipinski definition) is 4. The van der Waals surface area contributed by atoms with E-state index in [1.54, 1.807) is 0 Å². The van der Waals surface area contributed by atoms with Crippen LogP contribution in [0.1, 0.15) is 79.6 Å². The molecule has 0 saturated heterocycles. The Morgan fingerprint density at radius 3 is 2.68 bits per heavy atom. The molecule has 0 aromatic heterocycles. The van der Waals surface area contributed by atoms with Crippen molar-refractivity contribution >= 4 is 17.7 Å². The summed E-state index contributed by atoms with van der Waals surface area (Å²) < 4.78 is 0. The summed E-state index contributed by atoms with van der Waals surface area (Å²) in [7, 11) is 1.88. The van der Waals surface area contributed by atoms with Crippen molar-refractivity contribution < 1.29 is 15.0 Å². The molecule has 2 N–H and O–H groups in total. The lowest BCUT2D eigenvalue weighted by Crippen LogP contribution is -2.42. The molecule has 0 bridgehead atoms. The van der Waals surface area contributed by atoms with Gasteiger partial charge in [0.25, 0.3) is 0 Å². The molecule has 0 aromatic rings. The number of hydrogen-bond donors (Lipinski definition) is 2. The van der Waals surface area contributed by atoms with Crippen LogP contribution >= 0.6 is 11.8 Å². The standard InChI is InChI=1S/C26H45NO3S/c1-7-8-12-26(5,30)13-9-10-21-22-16-19(15-20(22)17-23(21)28)18-31-14-11-24(29)27(6)25(2,3)4/h9-10,15,20-23,28,30H,7-8,11-14,16-18H2,1-6H3/t20-,21+,22-,23+,26-/m0/s1. The Balaban J connectivity index is 1.77. The van der Waals surface area contributed by atoms with E-state index in [-0.39, 0.29) is 23.5 Å². The van der Waals surface area contributed by atoms with Crippen LogP contribution in [0.15, 0.2) is 23.8 Å². The van der Waals surface area contributed by atoms with Crippen molar-refractivity contribution in [2.24, 2.45) is 17.8 Å². The largest absolute Gasteiger partial charge is 0.392 e. The SMILES string of the molecule is CCCC[C@](C)(O)CC=C[C@@H]1[C@H]2CC(CSCCC(=O)N(C)C(C)(C)C)=C[C@H]2C[C@H]1O. The van der Waals surface area contributed by atoms with Crippen molar-refractivity contribution in [3.63, 3.8) is 0 Å². The van der Waals surface area contributed by atoms with E-state index in [1.807, 2.05) is 30.6 Å². The molecule has 0 radical (unpaired) electrons. The maximum absolute atomic E-state index is 12.3. The van der Waals surface area contributed by atoms with E-state index in [4.69, 9.17) is 0 Å². The lowest BCUT2D eigenvalue weighted by Gasteiger charge is -2.32. The number of fused-ring (bicyclic) bond motifs is 1. The first-order valence-corrected chi connectivity index (χ1v) is 13.2. The summed E-state index contributed by atoms with van der Waals surface area (Å²) in [5.41, 5.74) is 0.695. The number of carbonyl (C=O) groups excluding carboxylic acids is 1. The van der Waals surface area contributed by atoms with E-state index in [0.29, 0.717) is 24.7 Å². The molecule has 2 aliphatic carbocycles. The van der Waals surface area contributed by atoms with Gasteiger partial charge in [-0.05, 0) is 65.2 Å². The van der Waals surface area contributed by atoms with Crippen molar-refractivity contribution in [3.05, 3.63) is 23.8 Å². The number of amides is 1. The summed E-state index contributed by atoms with van der Waals surface area (Å²) in [6, 6.07) is 0. The quantitative estimate of drug-likeness (QED) is 0.335. The number of aliphatic hydroxyl groups excluding tert-OH is 1. The summed E-state index contributed by atoms with van der Waals surface area (Å²) in [6.07, 6.45) is 12.5. The summed E-state index contributed by atoms with van der Waals surface area (Å²) in [4.78, 5) is 14.1. The van der Waals surface area contributed by atoms with Gasteiger partial charge in [-0.15, -0.1) is 0 Å². The van der Waals surface area contributed by atoms with Gasteiger partial charge in [0.2, 0.25) is 5.91 Å². The van der Waals surface area contributed by atoms with Gasteiger partial charge >= 0.3 is 0 Å². The fourth-order valence-electron chi connectivity index (χ4n) is 4.76. The Hall–Kier alpha value is -0.780. The van der Waals surface area contributed by atoms with Crippen LogP contribution in [0.5, 0.6) is 0 Å². The molecule has 5 atom stereocenters. The topological polar surface area (TPSA) is 60.8 Å². The highest BCUT2D eigenvalue weighted by atomic mass is 32.2. The Bertz CT molecular complexity index is 650. The molecule has 0 aromatic carbocycles. The number of carbonyl (C=O) groups is 1. The van der Waals surface area contributed by atoms with Crippen LogP contribution in [0.3, 0.4) is 0 Å². The van der Waals surface area contributed by atoms with Gasteiger partial charge in [-0.3, -0.25) is 4.79 Å². The molecule has 178 valence electrons. The maximum atomic E-state index is 12.3. The molecule has 5 heteroatoms. The third kappa shape index (κ3) is 7.94. The zero-order valence-corrected chi connectivity index (χ0v) is 21.4. The molecule has 1 amide bonds. The molecule has 0 heterocycles. The summed E-state index contributed by atoms with van der Waals surface area (Å²) in [5.74, 6) is 3.18. The van der Waals surface area contributed by atoms with Gasteiger partial charge < -0.3 is 15.1 Å². The molecule has 1 fully saturated rings. The van der Waals surface area contributed by atoms with Crippen LogP contribution in [-0.2, 0) is 4.79 Å². The Morgan fingerprint density at radius 2 is 2.03 bits per heavy atom. The van der Waals surface area contributed by atoms with Crippen LogP contribution in [-0.4, -0.2) is 56.8 Å². The zero-order chi connectivity index (χ0) is 23.2. The van der Waals surface area contributed by atoms with Crippen LogP contribution in [0.25, 0.3) is 0 Å². The molecule has 0 spiro atoms. The second-order valence-electron chi connectivity index (χ2n) is 10.9. The lowest BCUT2D eigenvalue weighted by atomic mass is 9.88. The van der Waals surface area contributed by atoms with Crippen molar-refractivity contribution in [3.8, 4) is 0 Å². The van der Waals surface area contributed by atoms with Crippen molar-refractivity contribution in [1.82, 2.24) is 4.90 Å². The predicted octanol–water partition coefficient (Wildman–Crippen LogP) is 5.20. The van der Waals surface area contributed by atoms with Gasteiger partial charge in [0, 0.05) is 36.4 Å². The van der Waals surface area contributed by atoms with E-state index in [9.17, 15) is 15.0 Å². The van der Waals surface area contributed by atoms with Gasteiger partial charge in [-0.25, -0.2) is 0 Å². The first-order valence-electron chi connectivity index (χ1n) is 12.1. The number of thioether (sulfide) groups is 1. The highest BCUT2D eigenvalue weighted by molar-refractivity contribution is 7.99. The fourth-order valence-corrected chi connectivity index (χ4v) is 5.70. The van der Waals surface area contributed by atoms with Crippen LogP contribution in [0, 0.1) is 17.8 Å². The van der Waals surface area contributed by atoms with Crippen molar-refractivity contribution in [2.45, 2.75) is 96.8 Å². The van der Waals surface area contributed by atoms with E-state index >= 15 is 0 Å². The number of aliphatic hydroxyl groups is 2. The Morgan fingerprint density at radius 1 is 1.32 bits per heavy atom. The van der Waals surface area contributed by atoms with Crippen LogP contribution in [0.4, 0.5) is 0 Å². The third-order valence-corrected chi connectivity index (χ3v) is 8.13. The Kier molecular flexibility index (Phi) is 9.72. The minimum Gasteiger partial charge on any atom is -0.392 e. The second kappa shape index (κ2) is 11.4. The molecule has 2 aliphatic rings.